The van der Waals surface area contributed by atoms with Crippen molar-refractivity contribution >= 4 is 5.91 Å². The SMILES string of the molecule is COc1cc(CCNC(=O)CN2CCCNCC2)ccc1OC(F)F. The highest BCUT2D eigenvalue weighted by Gasteiger charge is 2.13. The first-order chi connectivity index (χ1) is 12.1. The van der Waals surface area contributed by atoms with Gasteiger partial charge in [0.2, 0.25) is 5.91 Å². The van der Waals surface area contributed by atoms with Crippen molar-refractivity contribution in [2.24, 2.45) is 0 Å². The first kappa shape index (κ1) is 19.4. The highest BCUT2D eigenvalue weighted by Crippen LogP contribution is 2.29. The van der Waals surface area contributed by atoms with E-state index in [0.717, 1.165) is 38.2 Å². The van der Waals surface area contributed by atoms with Crippen LogP contribution in [0.3, 0.4) is 0 Å². The quantitative estimate of drug-likeness (QED) is 0.733. The van der Waals surface area contributed by atoms with Crippen LogP contribution in [0.25, 0.3) is 0 Å². The molecule has 1 aliphatic heterocycles. The van der Waals surface area contributed by atoms with Crippen molar-refractivity contribution in [3.05, 3.63) is 23.8 Å². The molecule has 0 spiro atoms. The third-order valence-corrected chi connectivity index (χ3v) is 3.98. The molecule has 0 atom stereocenters. The fourth-order valence-electron chi connectivity index (χ4n) is 2.73. The average molecular weight is 357 g/mol. The van der Waals surface area contributed by atoms with Gasteiger partial charge in [-0.2, -0.15) is 8.78 Å². The standard InChI is InChI=1S/C17H25F2N3O3/c1-24-15-11-13(3-4-14(15)25-17(18)19)5-7-21-16(23)12-22-9-2-6-20-8-10-22/h3-4,11,17,20H,2,5-10,12H2,1H3,(H,21,23). The maximum atomic E-state index is 12.3. The molecule has 0 radical (unpaired) electrons. The number of amides is 1. The Balaban J connectivity index is 1.77. The van der Waals surface area contributed by atoms with E-state index in [9.17, 15) is 13.6 Å². The second kappa shape index (κ2) is 10.1. The van der Waals surface area contributed by atoms with Gasteiger partial charge >= 0.3 is 6.61 Å². The van der Waals surface area contributed by atoms with Crippen molar-refractivity contribution in [3.8, 4) is 11.5 Å². The fraction of sp³-hybridized carbons (Fsp3) is 0.588. The first-order valence-corrected chi connectivity index (χ1v) is 8.40. The van der Waals surface area contributed by atoms with E-state index in [2.05, 4.69) is 20.3 Å². The van der Waals surface area contributed by atoms with Gasteiger partial charge in [0, 0.05) is 19.6 Å². The molecule has 6 nitrogen and oxygen atoms in total. The summed E-state index contributed by atoms with van der Waals surface area (Å²) >= 11 is 0. The molecule has 1 amide bonds. The zero-order chi connectivity index (χ0) is 18.1. The molecular weight excluding hydrogens is 332 g/mol. The van der Waals surface area contributed by atoms with Crippen LogP contribution < -0.4 is 20.1 Å². The monoisotopic (exact) mass is 357 g/mol. The summed E-state index contributed by atoms with van der Waals surface area (Å²) in [5, 5.41) is 6.19. The number of benzene rings is 1. The molecule has 1 saturated heterocycles. The maximum Gasteiger partial charge on any atom is 0.387 e. The zero-order valence-electron chi connectivity index (χ0n) is 14.4. The van der Waals surface area contributed by atoms with E-state index < -0.39 is 6.61 Å². The summed E-state index contributed by atoms with van der Waals surface area (Å²) in [5.41, 5.74) is 0.873. The van der Waals surface area contributed by atoms with Gasteiger partial charge in [0.1, 0.15) is 0 Å². The summed E-state index contributed by atoms with van der Waals surface area (Å²) in [5.74, 6) is 0.243. The second-order valence-corrected chi connectivity index (χ2v) is 5.84. The van der Waals surface area contributed by atoms with Crippen molar-refractivity contribution in [1.29, 1.82) is 0 Å². The number of alkyl halides is 2. The molecule has 8 heteroatoms. The Morgan fingerprint density at radius 2 is 2.16 bits per heavy atom. The number of hydrogen-bond donors (Lipinski definition) is 2. The summed E-state index contributed by atoms with van der Waals surface area (Å²) in [6.45, 7) is 1.66. The van der Waals surface area contributed by atoms with Crippen LogP contribution in [0.2, 0.25) is 0 Å². The van der Waals surface area contributed by atoms with E-state index in [1.54, 1.807) is 12.1 Å². The number of rotatable bonds is 8. The Morgan fingerprint density at radius 1 is 1.32 bits per heavy atom. The smallest absolute Gasteiger partial charge is 0.387 e. The molecule has 1 fully saturated rings. The van der Waals surface area contributed by atoms with Crippen LogP contribution in [-0.2, 0) is 11.2 Å². The lowest BCUT2D eigenvalue weighted by Crippen LogP contribution is -2.39. The second-order valence-electron chi connectivity index (χ2n) is 5.84. The normalized spacial score (nSPS) is 15.7. The van der Waals surface area contributed by atoms with Crippen LogP contribution in [0, 0.1) is 0 Å². The number of nitrogens with zero attached hydrogens (tertiary/aromatic N) is 1. The van der Waals surface area contributed by atoms with Crippen molar-refractivity contribution < 1.29 is 23.0 Å². The number of halogens is 2. The summed E-state index contributed by atoms with van der Waals surface area (Å²) in [6.07, 6.45) is 1.62. The molecule has 1 aromatic rings. The van der Waals surface area contributed by atoms with E-state index in [0.29, 0.717) is 19.5 Å². The lowest BCUT2D eigenvalue weighted by Gasteiger charge is -2.18. The summed E-state index contributed by atoms with van der Waals surface area (Å²) < 4.78 is 34.1. The van der Waals surface area contributed by atoms with Crippen molar-refractivity contribution in [2.75, 3.05) is 46.4 Å². The number of hydrogen-bond acceptors (Lipinski definition) is 5. The fourth-order valence-corrected chi connectivity index (χ4v) is 2.73. The summed E-state index contributed by atoms with van der Waals surface area (Å²) in [7, 11) is 1.40. The number of ether oxygens (including phenoxy) is 2. The molecule has 1 heterocycles. The Morgan fingerprint density at radius 3 is 2.92 bits per heavy atom. The molecule has 0 aromatic heterocycles. The number of methoxy groups -OCH3 is 1. The van der Waals surface area contributed by atoms with E-state index in [1.165, 1.54) is 13.2 Å². The van der Waals surface area contributed by atoms with Crippen molar-refractivity contribution in [3.63, 3.8) is 0 Å². The molecule has 140 valence electrons. The predicted octanol–water partition coefficient (Wildman–Crippen LogP) is 1.25. The zero-order valence-corrected chi connectivity index (χ0v) is 14.4. The molecule has 0 aliphatic carbocycles. The summed E-state index contributed by atoms with van der Waals surface area (Å²) in [6, 6.07) is 4.78. The minimum atomic E-state index is -2.90. The third kappa shape index (κ3) is 6.83. The Labute approximate surface area is 146 Å². The highest BCUT2D eigenvalue weighted by atomic mass is 19.3. The van der Waals surface area contributed by atoms with Crippen LogP contribution in [0.15, 0.2) is 18.2 Å². The third-order valence-electron chi connectivity index (χ3n) is 3.98. The van der Waals surface area contributed by atoms with Gasteiger partial charge in [-0.3, -0.25) is 9.69 Å². The van der Waals surface area contributed by atoms with E-state index in [4.69, 9.17) is 4.74 Å². The molecule has 2 rings (SSSR count). The van der Waals surface area contributed by atoms with Crippen LogP contribution in [0.1, 0.15) is 12.0 Å². The molecule has 25 heavy (non-hydrogen) atoms. The van der Waals surface area contributed by atoms with Gasteiger partial charge in [-0.25, -0.2) is 0 Å². The van der Waals surface area contributed by atoms with E-state index in [1.807, 2.05) is 0 Å². The summed E-state index contributed by atoms with van der Waals surface area (Å²) in [4.78, 5) is 14.1. The van der Waals surface area contributed by atoms with Gasteiger partial charge in [0.15, 0.2) is 11.5 Å². The number of carbonyl (C=O) groups is 1. The lowest BCUT2D eigenvalue weighted by molar-refractivity contribution is -0.122. The van der Waals surface area contributed by atoms with E-state index in [-0.39, 0.29) is 17.4 Å². The number of nitrogens with one attached hydrogen (secondary N) is 2. The molecule has 0 unspecified atom stereocenters. The predicted molar refractivity (Wildman–Crippen MR) is 90.3 cm³/mol. The molecule has 1 aromatic carbocycles. The Hall–Kier alpha value is -1.93. The van der Waals surface area contributed by atoms with Crippen LogP contribution in [-0.4, -0.2) is 63.8 Å². The topological polar surface area (TPSA) is 62.8 Å². The van der Waals surface area contributed by atoms with Crippen LogP contribution in [0.5, 0.6) is 11.5 Å². The molecular formula is C17H25F2N3O3. The largest absolute Gasteiger partial charge is 0.493 e. The van der Waals surface area contributed by atoms with Crippen LogP contribution >= 0.6 is 0 Å². The van der Waals surface area contributed by atoms with Gasteiger partial charge in [0.25, 0.3) is 0 Å². The minimum Gasteiger partial charge on any atom is -0.493 e. The first-order valence-electron chi connectivity index (χ1n) is 8.40. The Kier molecular flexibility index (Phi) is 7.87. The van der Waals surface area contributed by atoms with Gasteiger partial charge in [0.05, 0.1) is 13.7 Å². The average Bonchev–Trinajstić information content (AvgIpc) is 2.84. The molecule has 0 saturated carbocycles. The van der Waals surface area contributed by atoms with Gasteiger partial charge in [-0.15, -0.1) is 0 Å². The van der Waals surface area contributed by atoms with Crippen molar-refractivity contribution in [1.82, 2.24) is 15.5 Å². The molecule has 2 N–H and O–H groups in total. The Bertz CT molecular complexity index is 550. The van der Waals surface area contributed by atoms with Gasteiger partial charge < -0.3 is 20.1 Å². The van der Waals surface area contributed by atoms with Gasteiger partial charge in [-0.1, -0.05) is 6.07 Å². The highest BCUT2D eigenvalue weighted by molar-refractivity contribution is 5.78. The number of carbonyl (C=O) groups excluding carboxylic acids is 1. The molecule has 0 bridgehead atoms. The molecule has 1 aliphatic rings. The van der Waals surface area contributed by atoms with E-state index >= 15 is 0 Å². The maximum absolute atomic E-state index is 12.3. The lowest BCUT2D eigenvalue weighted by atomic mass is 10.1. The van der Waals surface area contributed by atoms with Crippen LogP contribution in [0.4, 0.5) is 8.78 Å². The minimum absolute atomic E-state index is 0.0000543. The van der Waals surface area contributed by atoms with Crippen molar-refractivity contribution in [2.45, 2.75) is 19.5 Å². The van der Waals surface area contributed by atoms with Gasteiger partial charge in [-0.05, 0) is 43.6 Å².